The molecule has 0 heterocycles. The maximum Gasteiger partial charge on any atom is 0.354 e. The van der Waals surface area contributed by atoms with Crippen molar-refractivity contribution in [3.63, 3.8) is 0 Å². The molecule has 0 radical (unpaired) electrons. The third kappa shape index (κ3) is 4.45. The van der Waals surface area contributed by atoms with E-state index in [9.17, 15) is 14.0 Å². The molecule has 0 amide bonds. The lowest BCUT2D eigenvalue weighted by atomic mass is 10.2. The standard InChI is InChI=1S/C13H13BrFNO5/c1-19-10-5-7(15)4-8(14)12(10)16-9(13(18)21-3)6-11(17)20-2/h4-6,16H,1-3H3/b9-6+. The molecule has 0 unspecified atom stereocenters. The van der Waals surface area contributed by atoms with Crippen molar-refractivity contribution in [3.05, 3.63) is 34.2 Å². The first-order valence-electron chi connectivity index (χ1n) is 5.61. The molecule has 1 rings (SSSR count). The van der Waals surface area contributed by atoms with E-state index in [1.165, 1.54) is 20.3 Å². The van der Waals surface area contributed by atoms with Gasteiger partial charge in [-0.25, -0.2) is 14.0 Å². The predicted octanol–water partition coefficient (Wildman–Crippen LogP) is 2.24. The van der Waals surface area contributed by atoms with Crippen LogP contribution in [-0.4, -0.2) is 33.3 Å². The molecule has 0 fully saturated rings. The highest BCUT2D eigenvalue weighted by Gasteiger charge is 2.17. The number of anilines is 1. The number of ether oxygens (including phenoxy) is 3. The summed E-state index contributed by atoms with van der Waals surface area (Å²) in [6.45, 7) is 0. The molecule has 0 atom stereocenters. The zero-order valence-electron chi connectivity index (χ0n) is 11.5. The van der Waals surface area contributed by atoms with Gasteiger partial charge < -0.3 is 19.5 Å². The Morgan fingerprint density at radius 3 is 2.43 bits per heavy atom. The summed E-state index contributed by atoms with van der Waals surface area (Å²) in [5.74, 6) is -1.93. The molecule has 0 aromatic heterocycles. The Morgan fingerprint density at radius 1 is 1.24 bits per heavy atom. The number of nitrogens with one attached hydrogen (secondary N) is 1. The number of hydrogen-bond donors (Lipinski definition) is 1. The minimum atomic E-state index is -0.793. The van der Waals surface area contributed by atoms with E-state index in [2.05, 4.69) is 30.7 Å². The first-order chi connectivity index (χ1) is 9.92. The molecule has 1 aromatic rings. The number of rotatable bonds is 5. The number of carbonyl (C=O) groups is 2. The van der Waals surface area contributed by atoms with Gasteiger partial charge in [-0.15, -0.1) is 0 Å². The zero-order valence-corrected chi connectivity index (χ0v) is 13.1. The Hall–Kier alpha value is -2.09. The van der Waals surface area contributed by atoms with Crippen molar-refractivity contribution >= 4 is 33.6 Å². The van der Waals surface area contributed by atoms with Crippen LogP contribution in [-0.2, 0) is 19.1 Å². The lowest BCUT2D eigenvalue weighted by molar-refractivity contribution is -0.138. The molecule has 6 nitrogen and oxygen atoms in total. The molecular weight excluding hydrogens is 349 g/mol. The van der Waals surface area contributed by atoms with E-state index in [1.54, 1.807) is 0 Å². The van der Waals surface area contributed by atoms with E-state index in [0.717, 1.165) is 19.3 Å². The van der Waals surface area contributed by atoms with Crippen LogP contribution >= 0.6 is 15.9 Å². The minimum absolute atomic E-state index is 0.140. The smallest absolute Gasteiger partial charge is 0.354 e. The normalized spacial score (nSPS) is 10.8. The Balaban J connectivity index is 3.24. The summed E-state index contributed by atoms with van der Waals surface area (Å²) in [5, 5.41) is 2.66. The van der Waals surface area contributed by atoms with Crippen LogP contribution in [0.1, 0.15) is 0 Å². The van der Waals surface area contributed by atoms with E-state index < -0.39 is 17.8 Å². The van der Waals surface area contributed by atoms with Gasteiger partial charge in [0.2, 0.25) is 0 Å². The largest absolute Gasteiger partial charge is 0.494 e. The molecule has 0 aliphatic rings. The van der Waals surface area contributed by atoms with Gasteiger partial charge in [0.15, 0.2) is 0 Å². The fraction of sp³-hybridized carbons (Fsp3) is 0.231. The van der Waals surface area contributed by atoms with Gasteiger partial charge in [-0.1, -0.05) is 0 Å². The van der Waals surface area contributed by atoms with Crippen LogP contribution in [0.2, 0.25) is 0 Å². The van der Waals surface area contributed by atoms with Gasteiger partial charge in [-0.2, -0.15) is 0 Å². The highest BCUT2D eigenvalue weighted by Crippen LogP contribution is 2.34. The zero-order chi connectivity index (χ0) is 16.0. The van der Waals surface area contributed by atoms with Crippen LogP contribution in [0, 0.1) is 5.82 Å². The first-order valence-corrected chi connectivity index (χ1v) is 6.40. The van der Waals surface area contributed by atoms with Crippen LogP contribution < -0.4 is 10.1 Å². The van der Waals surface area contributed by atoms with E-state index >= 15 is 0 Å². The number of benzene rings is 1. The highest BCUT2D eigenvalue weighted by atomic mass is 79.9. The number of carbonyl (C=O) groups excluding carboxylic acids is 2. The molecule has 0 bridgehead atoms. The second-order valence-electron chi connectivity index (χ2n) is 3.66. The maximum absolute atomic E-state index is 13.3. The Bertz CT molecular complexity index is 588. The van der Waals surface area contributed by atoms with Crippen LogP contribution in [0.25, 0.3) is 0 Å². The summed E-state index contributed by atoms with van der Waals surface area (Å²) in [5.41, 5.74) is 0.0782. The van der Waals surface area contributed by atoms with E-state index in [4.69, 9.17) is 4.74 Å². The average molecular weight is 362 g/mol. The number of methoxy groups -OCH3 is 3. The fourth-order valence-electron chi connectivity index (χ4n) is 1.40. The molecule has 0 aliphatic carbocycles. The number of hydrogen-bond acceptors (Lipinski definition) is 6. The van der Waals surface area contributed by atoms with Crippen molar-refractivity contribution in [1.82, 2.24) is 0 Å². The highest BCUT2D eigenvalue weighted by molar-refractivity contribution is 9.10. The van der Waals surface area contributed by atoms with Gasteiger partial charge >= 0.3 is 11.9 Å². The summed E-state index contributed by atoms with van der Waals surface area (Å²) in [6.07, 6.45) is 0.918. The van der Waals surface area contributed by atoms with E-state index in [0.29, 0.717) is 4.47 Å². The monoisotopic (exact) mass is 361 g/mol. The summed E-state index contributed by atoms with van der Waals surface area (Å²) in [6, 6.07) is 2.30. The number of esters is 2. The molecule has 0 saturated heterocycles. The van der Waals surface area contributed by atoms with E-state index in [1.807, 2.05) is 0 Å². The van der Waals surface area contributed by atoms with Crippen molar-refractivity contribution in [2.75, 3.05) is 26.6 Å². The molecule has 1 aromatic carbocycles. The topological polar surface area (TPSA) is 73.9 Å². The van der Waals surface area contributed by atoms with Crippen molar-refractivity contribution in [1.29, 1.82) is 0 Å². The Labute approximate surface area is 129 Å². The molecule has 1 N–H and O–H groups in total. The van der Waals surface area contributed by atoms with Gasteiger partial charge in [0.25, 0.3) is 0 Å². The fourth-order valence-corrected chi connectivity index (χ4v) is 1.91. The molecule has 114 valence electrons. The van der Waals surface area contributed by atoms with Gasteiger partial charge in [0, 0.05) is 10.5 Å². The first kappa shape index (κ1) is 17.0. The van der Waals surface area contributed by atoms with Crippen LogP contribution in [0.15, 0.2) is 28.4 Å². The second-order valence-corrected chi connectivity index (χ2v) is 4.52. The summed E-state index contributed by atoms with van der Waals surface area (Å²) < 4.78 is 27.6. The molecule has 0 spiro atoms. The molecular formula is C13H13BrFNO5. The summed E-state index contributed by atoms with van der Waals surface area (Å²) in [4.78, 5) is 22.9. The van der Waals surface area contributed by atoms with Gasteiger partial charge in [0.05, 0.1) is 33.1 Å². The molecule has 21 heavy (non-hydrogen) atoms. The van der Waals surface area contributed by atoms with Gasteiger partial charge in [-0.05, 0) is 22.0 Å². The molecule has 0 saturated carbocycles. The maximum atomic E-state index is 13.3. The minimum Gasteiger partial charge on any atom is -0.494 e. The van der Waals surface area contributed by atoms with Crippen LogP contribution in [0.4, 0.5) is 10.1 Å². The molecule has 0 aliphatic heterocycles. The lowest BCUT2D eigenvalue weighted by Crippen LogP contribution is -2.16. The third-order valence-corrected chi connectivity index (χ3v) is 2.99. The predicted molar refractivity (Wildman–Crippen MR) is 76.4 cm³/mol. The molecule has 8 heteroatoms. The third-order valence-electron chi connectivity index (χ3n) is 2.37. The van der Waals surface area contributed by atoms with Crippen molar-refractivity contribution in [2.45, 2.75) is 0 Å². The van der Waals surface area contributed by atoms with Crippen molar-refractivity contribution in [2.24, 2.45) is 0 Å². The van der Waals surface area contributed by atoms with Crippen LogP contribution in [0.3, 0.4) is 0 Å². The Kier molecular flexibility index (Phi) is 6.16. The van der Waals surface area contributed by atoms with Crippen molar-refractivity contribution < 1.29 is 28.2 Å². The van der Waals surface area contributed by atoms with Crippen molar-refractivity contribution in [3.8, 4) is 5.75 Å². The quantitative estimate of drug-likeness (QED) is 0.640. The summed E-state index contributed by atoms with van der Waals surface area (Å²) in [7, 11) is 3.67. The summed E-state index contributed by atoms with van der Waals surface area (Å²) >= 11 is 3.14. The van der Waals surface area contributed by atoms with Crippen LogP contribution in [0.5, 0.6) is 5.75 Å². The van der Waals surface area contributed by atoms with E-state index in [-0.39, 0.29) is 17.1 Å². The Morgan fingerprint density at radius 2 is 1.90 bits per heavy atom. The van der Waals surface area contributed by atoms with Gasteiger partial charge in [0.1, 0.15) is 17.3 Å². The SMILES string of the molecule is COC(=O)/C=C(/Nc1c(Br)cc(F)cc1OC)C(=O)OC. The lowest BCUT2D eigenvalue weighted by Gasteiger charge is -2.14. The van der Waals surface area contributed by atoms with Gasteiger partial charge in [-0.3, -0.25) is 0 Å². The number of halogens is 2. The average Bonchev–Trinajstić information content (AvgIpc) is 2.47. The second kappa shape index (κ2) is 7.63.